The van der Waals surface area contributed by atoms with Crippen molar-refractivity contribution < 1.29 is 17.9 Å². The summed E-state index contributed by atoms with van der Waals surface area (Å²) >= 11 is 0. The van der Waals surface area contributed by atoms with Crippen molar-refractivity contribution >= 4 is 20.9 Å². The lowest BCUT2D eigenvalue weighted by atomic mass is 10.1. The number of nitrogens with one attached hydrogen (secondary N) is 1. The highest BCUT2D eigenvalue weighted by Crippen LogP contribution is 2.34. The number of hydrogen-bond donors (Lipinski definition) is 1. The van der Waals surface area contributed by atoms with Crippen molar-refractivity contribution in [1.29, 1.82) is 0 Å². The predicted octanol–water partition coefficient (Wildman–Crippen LogP) is 0.574. The van der Waals surface area contributed by atoms with E-state index in [2.05, 4.69) is 20.0 Å². The highest BCUT2D eigenvalue weighted by Gasteiger charge is 2.50. The third-order valence-electron chi connectivity index (χ3n) is 5.59. The van der Waals surface area contributed by atoms with Gasteiger partial charge in [0.25, 0.3) is 0 Å². The number of benzene rings is 1. The molecule has 0 spiro atoms. The Balaban J connectivity index is 1.34. The van der Waals surface area contributed by atoms with Crippen molar-refractivity contribution in [1.82, 2.24) is 29.6 Å². The molecule has 4 atom stereocenters. The van der Waals surface area contributed by atoms with Gasteiger partial charge in [-0.2, -0.15) is 0 Å². The quantitative estimate of drug-likeness (QED) is 0.588. The fourth-order valence-corrected chi connectivity index (χ4v) is 5.65. The Labute approximate surface area is 180 Å². The summed E-state index contributed by atoms with van der Waals surface area (Å²) in [4.78, 5) is 6.42. The number of pyridine rings is 1. The monoisotopic (exact) mass is 444 g/mol. The van der Waals surface area contributed by atoms with Gasteiger partial charge in [-0.25, -0.2) is 17.8 Å². The first-order valence-electron chi connectivity index (χ1n) is 10.1. The van der Waals surface area contributed by atoms with Gasteiger partial charge in [-0.1, -0.05) is 23.4 Å². The van der Waals surface area contributed by atoms with E-state index in [0.29, 0.717) is 18.7 Å². The Kier molecular flexibility index (Phi) is 5.22. The summed E-state index contributed by atoms with van der Waals surface area (Å²) in [6.45, 7) is 1.29. The van der Waals surface area contributed by atoms with Crippen LogP contribution in [0.1, 0.15) is 11.7 Å². The third kappa shape index (κ3) is 3.83. The molecule has 0 radical (unpaired) electrons. The summed E-state index contributed by atoms with van der Waals surface area (Å²) in [5.41, 5.74) is 1.29. The molecule has 11 heteroatoms. The molecule has 10 nitrogen and oxygen atoms in total. The second kappa shape index (κ2) is 7.92. The summed E-state index contributed by atoms with van der Waals surface area (Å²) < 4.78 is 42.7. The summed E-state index contributed by atoms with van der Waals surface area (Å²) in [6, 6.07) is 8.08. The van der Waals surface area contributed by atoms with Gasteiger partial charge in [0.15, 0.2) is 0 Å². The SMILES string of the molecule is CN(C)Cc1cn([C@@H]2CO[C@@H]3[C@@H]2OC[C@@H]3NS(=O)(=O)c2cccc3cccnc23)nn1. The number of aromatic nitrogens is 4. The molecule has 2 saturated heterocycles. The van der Waals surface area contributed by atoms with Crippen LogP contribution >= 0.6 is 0 Å². The highest BCUT2D eigenvalue weighted by atomic mass is 32.2. The largest absolute Gasteiger partial charge is 0.371 e. The predicted molar refractivity (Wildman–Crippen MR) is 112 cm³/mol. The minimum absolute atomic E-state index is 0.146. The van der Waals surface area contributed by atoms with Crippen LogP contribution < -0.4 is 4.72 Å². The molecule has 1 N–H and O–H groups in total. The first-order valence-corrected chi connectivity index (χ1v) is 11.6. The van der Waals surface area contributed by atoms with E-state index in [1.165, 1.54) is 0 Å². The normalized spacial score (nSPS) is 26.0. The molecular weight excluding hydrogens is 420 g/mol. The average Bonchev–Trinajstić information content (AvgIpc) is 3.45. The van der Waals surface area contributed by atoms with E-state index in [9.17, 15) is 8.42 Å². The molecule has 0 aliphatic carbocycles. The molecule has 2 aliphatic heterocycles. The van der Waals surface area contributed by atoms with Crippen molar-refractivity contribution in [2.75, 3.05) is 27.3 Å². The zero-order valence-corrected chi connectivity index (χ0v) is 18.1. The molecule has 0 saturated carbocycles. The summed E-state index contributed by atoms with van der Waals surface area (Å²) in [5.74, 6) is 0. The average molecular weight is 445 g/mol. The number of rotatable bonds is 6. The van der Waals surface area contributed by atoms with Gasteiger partial charge in [0, 0.05) is 18.1 Å². The summed E-state index contributed by atoms with van der Waals surface area (Å²) in [6.07, 6.45) is 2.78. The van der Waals surface area contributed by atoms with Crippen molar-refractivity contribution in [3.05, 3.63) is 48.4 Å². The molecule has 2 fully saturated rings. The second-order valence-electron chi connectivity index (χ2n) is 8.15. The highest BCUT2D eigenvalue weighted by molar-refractivity contribution is 7.89. The molecule has 3 aromatic rings. The second-order valence-corrected chi connectivity index (χ2v) is 9.83. The molecule has 0 unspecified atom stereocenters. The van der Waals surface area contributed by atoms with E-state index in [1.807, 2.05) is 37.3 Å². The maximum absolute atomic E-state index is 13.2. The van der Waals surface area contributed by atoms with Crippen molar-refractivity contribution in [3.63, 3.8) is 0 Å². The van der Waals surface area contributed by atoms with Crippen LogP contribution in [0, 0.1) is 0 Å². The molecule has 5 rings (SSSR count). The molecule has 164 valence electrons. The van der Waals surface area contributed by atoms with Crippen molar-refractivity contribution in [2.24, 2.45) is 0 Å². The van der Waals surface area contributed by atoms with Crippen LogP contribution in [0.3, 0.4) is 0 Å². The number of ether oxygens (including phenoxy) is 2. The fourth-order valence-electron chi connectivity index (χ4n) is 4.23. The van der Waals surface area contributed by atoms with Crippen LogP contribution in [0.25, 0.3) is 10.9 Å². The van der Waals surface area contributed by atoms with Crippen molar-refractivity contribution in [3.8, 4) is 0 Å². The van der Waals surface area contributed by atoms with Gasteiger partial charge in [-0.05, 0) is 26.2 Å². The number of hydrogen-bond acceptors (Lipinski definition) is 8. The van der Waals surface area contributed by atoms with E-state index in [0.717, 1.165) is 11.1 Å². The Hall–Kier alpha value is -2.44. The smallest absolute Gasteiger partial charge is 0.243 e. The standard InChI is InChI=1S/C20H24N6O4S/c1-25(2)9-14-10-26(24-22-14)16-12-30-19-15(11-29-20(16)19)23-31(27,28)17-7-3-5-13-6-4-8-21-18(13)17/h3-8,10,15-16,19-20,23H,9,11-12H2,1-2H3/t15-,16+,19-,20+/m0/s1. The van der Waals surface area contributed by atoms with Gasteiger partial charge in [0.1, 0.15) is 23.1 Å². The molecule has 0 amide bonds. The lowest BCUT2D eigenvalue weighted by Gasteiger charge is -2.18. The van der Waals surface area contributed by atoms with Crippen LogP contribution in [-0.4, -0.2) is 78.9 Å². The lowest BCUT2D eigenvalue weighted by molar-refractivity contribution is 0.0624. The fraction of sp³-hybridized carbons (Fsp3) is 0.450. The topological polar surface area (TPSA) is 111 Å². The summed E-state index contributed by atoms with van der Waals surface area (Å²) in [7, 11) is 0.123. The minimum atomic E-state index is -3.81. The molecule has 4 heterocycles. The van der Waals surface area contributed by atoms with Crippen LogP contribution in [0.2, 0.25) is 0 Å². The molecule has 0 bridgehead atoms. The third-order valence-corrected chi connectivity index (χ3v) is 7.12. The van der Waals surface area contributed by atoms with Gasteiger partial charge in [0.05, 0.1) is 36.7 Å². The van der Waals surface area contributed by atoms with E-state index in [1.54, 1.807) is 29.1 Å². The Morgan fingerprint density at radius 1 is 1.16 bits per heavy atom. The number of sulfonamides is 1. The Morgan fingerprint density at radius 3 is 2.81 bits per heavy atom. The Bertz CT molecular complexity index is 1190. The van der Waals surface area contributed by atoms with Crippen LogP contribution in [-0.2, 0) is 26.0 Å². The molecule has 31 heavy (non-hydrogen) atoms. The van der Waals surface area contributed by atoms with E-state index >= 15 is 0 Å². The molecule has 2 aromatic heterocycles. The zero-order chi connectivity index (χ0) is 21.6. The minimum Gasteiger partial charge on any atom is -0.371 e. The summed E-state index contributed by atoms with van der Waals surface area (Å²) in [5, 5.41) is 9.20. The van der Waals surface area contributed by atoms with E-state index < -0.39 is 22.2 Å². The van der Waals surface area contributed by atoms with Gasteiger partial charge in [0.2, 0.25) is 10.0 Å². The maximum Gasteiger partial charge on any atom is 0.243 e. The number of fused-ring (bicyclic) bond motifs is 2. The number of para-hydroxylation sites is 1. The lowest BCUT2D eigenvalue weighted by Crippen LogP contribution is -2.44. The first-order chi connectivity index (χ1) is 14.9. The van der Waals surface area contributed by atoms with Crippen LogP contribution in [0.15, 0.2) is 47.6 Å². The maximum atomic E-state index is 13.2. The van der Waals surface area contributed by atoms with Gasteiger partial charge >= 0.3 is 0 Å². The van der Waals surface area contributed by atoms with Gasteiger partial charge in [-0.15, -0.1) is 5.10 Å². The Morgan fingerprint density at radius 2 is 1.97 bits per heavy atom. The molecule has 2 aliphatic rings. The van der Waals surface area contributed by atoms with Crippen LogP contribution in [0.4, 0.5) is 0 Å². The van der Waals surface area contributed by atoms with E-state index in [4.69, 9.17) is 9.47 Å². The molecular formula is C20H24N6O4S. The first kappa shape index (κ1) is 20.5. The van der Waals surface area contributed by atoms with Gasteiger partial charge < -0.3 is 14.4 Å². The molecule has 1 aromatic carbocycles. The van der Waals surface area contributed by atoms with E-state index in [-0.39, 0.29) is 23.6 Å². The number of nitrogens with zero attached hydrogens (tertiary/aromatic N) is 5. The van der Waals surface area contributed by atoms with Crippen LogP contribution in [0.5, 0.6) is 0 Å². The van der Waals surface area contributed by atoms with Gasteiger partial charge in [-0.3, -0.25) is 4.98 Å². The van der Waals surface area contributed by atoms with Crippen molar-refractivity contribution in [2.45, 2.75) is 35.7 Å². The zero-order valence-electron chi connectivity index (χ0n) is 17.2.